The maximum Gasteiger partial charge on any atom is 0.192 e. The molecule has 0 saturated carbocycles. The Bertz CT molecular complexity index is 301. The van der Waals surface area contributed by atoms with Crippen LogP contribution in [-0.4, -0.2) is 18.8 Å². The Balaban J connectivity index is 3.84. The Morgan fingerprint density at radius 1 is 1.05 bits per heavy atom. The zero-order valence-corrected chi connectivity index (χ0v) is 18.0. The third-order valence-electron chi connectivity index (χ3n) is 4.54. The van der Waals surface area contributed by atoms with E-state index in [4.69, 9.17) is 10.8 Å². The molecule has 0 amide bonds. The smallest absolute Gasteiger partial charge is 0.192 e. The molecule has 0 aliphatic heterocycles. The number of hydrogen-bond donors (Lipinski definition) is 0. The Morgan fingerprint density at radius 3 is 2.05 bits per heavy atom. The standard InChI is InChI=1S/C18H35IOSi/c1-7-8-9-10-11-12-13-14-15-17(16-19)20-21(5,6)18(2,3)4/h1,17H,8-16H2,2-6H3/t17-/m1/s1. The molecule has 1 atom stereocenters. The molecule has 0 aromatic rings. The van der Waals surface area contributed by atoms with Crippen LogP contribution in [0.25, 0.3) is 0 Å². The maximum atomic E-state index is 6.52. The summed E-state index contributed by atoms with van der Waals surface area (Å²) >= 11 is 2.48. The van der Waals surface area contributed by atoms with Gasteiger partial charge in [0.1, 0.15) is 0 Å². The monoisotopic (exact) mass is 422 g/mol. The van der Waals surface area contributed by atoms with Crippen LogP contribution in [0.1, 0.15) is 72.1 Å². The van der Waals surface area contributed by atoms with Gasteiger partial charge in [0.15, 0.2) is 8.32 Å². The highest BCUT2D eigenvalue weighted by molar-refractivity contribution is 14.1. The fourth-order valence-electron chi connectivity index (χ4n) is 2.07. The zero-order valence-electron chi connectivity index (χ0n) is 14.8. The van der Waals surface area contributed by atoms with Crippen molar-refractivity contribution in [2.24, 2.45) is 0 Å². The van der Waals surface area contributed by atoms with Gasteiger partial charge in [0.2, 0.25) is 0 Å². The molecule has 0 heterocycles. The van der Waals surface area contributed by atoms with E-state index < -0.39 is 8.32 Å². The van der Waals surface area contributed by atoms with E-state index in [0.717, 1.165) is 10.8 Å². The first-order valence-corrected chi connectivity index (χ1v) is 12.8. The number of terminal acetylenes is 1. The Morgan fingerprint density at radius 2 is 1.57 bits per heavy atom. The molecule has 0 saturated heterocycles. The molecular weight excluding hydrogens is 387 g/mol. The van der Waals surface area contributed by atoms with Crippen LogP contribution < -0.4 is 0 Å². The highest BCUT2D eigenvalue weighted by Crippen LogP contribution is 2.38. The molecule has 124 valence electrons. The average molecular weight is 422 g/mol. The minimum absolute atomic E-state index is 0.314. The molecule has 0 bridgehead atoms. The summed E-state index contributed by atoms with van der Waals surface area (Å²) in [6.07, 6.45) is 15.7. The first kappa shape index (κ1) is 21.5. The van der Waals surface area contributed by atoms with Gasteiger partial charge in [-0.15, -0.1) is 12.3 Å². The molecule has 1 nitrogen and oxygen atoms in total. The van der Waals surface area contributed by atoms with Gasteiger partial charge in [-0.25, -0.2) is 0 Å². The summed E-state index contributed by atoms with van der Waals surface area (Å²) in [5.74, 6) is 2.71. The van der Waals surface area contributed by atoms with E-state index in [0.29, 0.717) is 11.1 Å². The van der Waals surface area contributed by atoms with Gasteiger partial charge in [-0.3, -0.25) is 0 Å². The largest absolute Gasteiger partial charge is 0.413 e. The summed E-state index contributed by atoms with van der Waals surface area (Å²) in [5, 5.41) is 0.314. The van der Waals surface area contributed by atoms with Crippen LogP contribution in [0.3, 0.4) is 0 Å². The molecule has 0 aromatic heterocycles. The van der Waals surface area contributed by atoms with E-state index in [1.54, 1.807) is 0 Å². The lowest BCUT2D eigenvalue weighted by molar-refractivity contribution is 0.192. The topological polar surface area (TPSA) is 9.23 Å². The van der Waals surface area contributed by atoms with Gasteiger partial charge in [-0.2, -0.15) is 0 Å². The van der Waals surface area contributed by atoms with Crippen molar-refractivity contribution in [1.82, 2.24) is 0 Å². The fourth-order valence-corrected chi connectivity index (χ4v) is 4.41. The van der Waals surface area contributed by atoms with Gasteiger partial charge in [0, 0.05) is 10.8 Å². The number of unbranched alkanes of at least 4 members (excludes halogenated alkanes) is 6. The van der Waals surface area contributed by atoms with E-state index in [-0.39, 0.29) is 0 Å². The molecule has 0 radical (unpaired) electrons. The van der Waals surface area contributed by atoms with Crippen molar-refractivity contribution in [2.45, 2.75) is 96.4 Å². The molecule has 0 aromatic carbocycles. The van der Waals surface area contributed by atoms with Crippen LogP contribution >= 0.6 is 22.6 Å². The summed E-state index contributed by atoms with van der Waals surface area (Å²) in [6, 6.07) is 0. The first-order chi connectivity index (χ1) is 9.74. The van der Waals surface area contributed by atoms with Gasteiger partial charge in [-0.05, 0) is 31.0 Å². The summed E-state index contributed by atoms with van der Waals surface area (Å²) in [4.78, 5) is 0. The summed E-state index contributed by atoms with van der Waals surface area (Å²) in [7, 11) is -1.60. The Labute approximate surface area is 148 Å². The van der Waals surface area contributed by atoms with E-state index in [2.05, 4.69) is 62.4 Å². The number of rotatable bonds is 11. The maximum absolute atomic E-state index is 6.52. The number of alkyl halides is 1. The van der Waals surface area contributed by atoms with Gasteiger partial charge in [0.25, 0.3) is 0 Å². The first-order valence-electron chi connectivity index (χ1n) is 8.42. The second-order valence-electron chi connectivity index (χ2n) is 7.52. The minimum Gasteiger partial charge on any atom is -0.413 e. The molecule has 0 fully saturated rings. The Kier molecular flexibility index (Phi) is 11.3. The zero-order chi connectivity index (χ0) is 16.4. The van der Waals surface area contributed by atoms with Crippen LogP contribution in [0.2, 0.25) is 18.1 Å². The average Bonchev–Trinajstić information content (AvgIpc) is 2.39. The van der Waals surface area contributed by atoms with Crippen molar-refractivity contribution in [1.29, 1.82) is 0 Å². The van der Waals surface area contributed by atoms with E-state index >= 15 is 0 Å². The molecule has 0 spiro atoms. The predicted octanol–water partition coefficient (Wildman–Crippen LogP) is 6.57. The summed E-state index contributed by atoms with van der Waals surface area (Å²) in [5.41, 5.74) is 0. The molecule has 3 heteroatoms. The second-order valence-corrected chi connectivity index (χ2v) is 13.2. The van der Waals surface area contributed by atoms with Gasteiger partial charge in [0.05, 0.1) is 6.10 Å². The highest BCUT2D eigenvalue weighted by atomic mass is 127. The van der Waals surface area contributed by atoms with Crippen LogP contribution in [0.5, 0.6) is 0 Å². The van der Waals surface area contributed by atoms with E-state index in [1.165, 1.54) is 44.9 Å². The van der Waals surface area contributed by atoms with Crippen LogP contribution in [0, 0.1) is 12.3 Å². The lowest BCUT2D eigenvalue weighted by atomic mass is 10.1. The predicted molar refractivity (Wildman–Crippen MR) is 107 cm³/mol. The van der Waals surface area contributed by atoms with Gasteiger partial charge < -0.3 is 4.43 Å². The molecule has 0 N–H and O–H groups in total. The van der Waals surface area contributed by atoms with Crippen molar-refractivity contribution >= 4 is 30.9 Å². The highest BCUT2D eigenvalue weighted by Gasteiger charge is 2.38. The lowest BCUT2D eigenvalue weighted by Gasteiger charge is -2.39. The Hall–Kier alpha value is 0.467. The normalized spacial score (nSPS) is 14.0. The number of hydrogen-bond acceptors (Lipinski definition) is 1. The van der Waals surface area contributed by atoms with E-state index in [9.17, 15) is 0 Å². The van der Waals surface area contributed by atoms with Crippen LogP contribution in [-0.2, 0) is 4.43 Å². The second kappa shape index (κ2) is 11.1. The third kappa shape index (κ3) is 9.96. The molecule has 0 rings (SSSR count). The van der Waals surface area contributed by atoms with Crippen LogP contribution in [0.4, 0.5) is 0 Å². The number of halogens is 1. The summed E-state index contributed by atoms with van der Waals surface area (Å²) in [6.45, 7) is 11.7. The lowest BCUT2D eigenvalue weighted by Crippen LogP contribution is -2.44. The quantitative estimate of drug-likeness (QED) is 0.120. The molecule has 21 heavy (non-hydrogen) atoms. The molecular formula is C18H35IOSi. The third-order valence-corrected chi connectivity index (χ3v) is 10.1. The fraction of sp³-hybridized carbons (Fsp3) is 0.889. The molecule has 0 aliphatic rings. The molecule has 0 aliphatic carbocycles. The summed E-state index contributed by atoms with van der Waals surface area (Å²) < 4.78 is 7.64. The molecule has 0 unspecified atom stereocenters. The minimum atomic E-state index is -1.60. The van der Waals surface area contributed by atoms with Gasteiger partial charge in [-0.1, -0.05) is 75.5 Å². The van der Waals surface area contributed by atoms with Crippen molar-refractivity contribution in [3.63, 3.8) is 0 Å². The van der Waals surface area contributed by atoms with Gasteiger partial charge >= 0.3 is 0 Å². The SMILES string of the molecule is C#CCCCCCCCC[C@H](CI)O[Si](C)(C)C(C)(C)C. The van der Waals surface area contributed by atoms with Crippen molar-refractivity contribution in [3.05, 3.63) is 0 Å². The van der Waals surface area contributed by atoms with E-state index in [1.807, 2.05) is 0 Å². The van der Waals surface area contributed by atoms with Crippen molar-refractivity contribution in [3.8, 4) is 12.3 Å². The van der Waals surface area contributed by atoms with Crippen LogP contribution in [0.15, 0.2) is 0 Å². The van der Waals surface area contributed by atoms with Crippen molar-refractivity contribution in [2.75, 3.05) is 4.43 Å². The van der Waals surface area contributed by atoms with Crippen molar-refractivity contribution < 1.29 is 4.43 Å².